The van der Waals surface area contributed by atoms with E-state index in [1.807, 2.05) is 18.2 Å². The fourth-order valence-corrected chi connectivity index (χ4v) is 3.10. The van der Waals surface area contributed by atoms with Gasteiger partial charge in [0, 0.05) is 11.6 Å². The molecule has 2 aliphatic heterocycles. The summed E-state index contributed by atoms with van der Waals surface area (Å²) in [5.74, 6) is 1.29. The number of rotatable bonds is 0. The predicted molar refractivity (Wildman–Crippen MR) is 65.7 cm³/mol. The van der Waals surface area contributed by atoms with Crippen LogP contribution in [0.25, 0.3) is 0 Å². The van der Waals surface area contributed by atoms with Gasteiger partial charge in [-0.1, -0.05) is 11.6 Å². The number of nitrogens with zero attached hydrogens (tertiary/aromatic N) is 2. The number of fused-ring (bicyclic) bond motifs is 3. The Kier molecular flexibility index (Phi) is 1.65. The molecule has 86 valence electrons. The van der Waals surface area contributed by atoms with Crippen molar-refractivity contribution in [3.05, 3.63) is 28.8 Å². The summed E-state index contributed by atoms with van der Waals surface area (Å²) in [7, 11) is 0. The Labute approximate surface area is 104 Å². The lowest BCUT2D eigenvalue weighted by molar-refractivity contribution is -0.121. The summed E-state index contributed by atoms with van der Waals surface area (Å²) < 4.78 is 0. The van der Waals surface area contributed by atoms with E-state index in [-0.39, 0.29) is 5.54 Å². The minimum Gasteiger partial charge on any atom is -0.342 e. The summed E-state index contributed by atoms with van der Waals surface area (Å²) in [5, 5.41) is 0.734. The van der Waals surface area contributed by atoms with Crippen molar-refractivity contribution >= 4 is 28.9 Å². The van der Waals surface area contributed by atoms with E-state index in [1.165, 1.54) is 0 Å². The van der Waals surface area contributed by atoms with E-state index in [1.54, 1.807) is 0 Å². The molecule has 0 N–H and O–H groups in total. The van der Waals surface area contributed by atoms with Crippen LogP contribution in [0.2, 0.25) is 5.02 Å². The summed E-state index contributed by atoms with van der Waals surface area (Å²) in [6, 6.07) is 5.74. The van der Waals surface area contributed by atoms with Crippen LogP contribution < -0.4 is 0 Å². The maximum atomic E-state index is 12.0. The highest BCUT2D eigenvalue weighted by molar-refractivity contribution is 6.30. The molecule has 3 nitrogen and oxygen atoms in total. The van der Waals surface area contributed by atoms with E-state index in [0.29, 0.717) is 12.2 Å². The molecular weight excluding hydrogens is 236 g/mol. The van der Waals surface area contributed by atoms with Crippen molar-refractivity contribution in [2.45, 2.75) is 31.3 Å². The van der Waals surface area contributed by atoms with Crippen LogP contribution >= 0.6 is 11.6 Å². The minimum absolute atomic E-state index is 0.196. The molecule has 1 aromatic rings. The SMILES string of the molecule is O=C1CC2=Nc3ccc(Cl)cc3CN2C12CC2. The van der Waals surface area contributed by atoms with Gasteiger partial charge in [-0.05, 0) is 36.6 Å². The van der Waals surface area contributed by atoms with Crippen LogP contribution in [0.4, 0.5) is 5.69 Å². The van der Waals surface area contributed by atoms with Crippen molar-refractivity contribution in [1.29, 1.82) is 0 Å². The Bertz CT molecular complexity index is 575. The Morgan fingerprint density at radius 3 is 2.94 bits per heavy atom. The standard InChI is InChI=1S/C13H11ClN2O/c14-9-1-2-10-8(5-9)7-16-12(15-10)6-11(17)13(16)3-4-13/h1-2,5H,3-4,6-7H2. The van der Waals surface area contributed by atoms with Crippen LogP contribution in [0.5, 0.6) is 0 Å². The van der Waals surface area contributed by atoms with Crippen molar-refractivity contribution in [2.75, 3.05) is 0 Å². The van der Waals surface area contributed by atoms with E-state index < -0.39 is 0 Å². The molecule has 1 aliphatic carbocycles. The molecule has 17 heavy (non-hydrogen) atoms. The molecule has 2 fully saturated rings. The van der Waals surface area contributed by atoms with Gasteiger partial charge in [-0.15, -0.1) is 0 Å². The average molecular weight is 247 g/mol. The monoisotopic (exact) mass is 246 g/mol. The number of Topliss-reactive ketones (excluding diaryl/α,β-unsaturated/α-hetero) is 1. The number of carbonyl (C=O) groups is 1. The third kappa shape index (κ3) is 1.18. The molecule has 0 bridgehead atoms. The summed E-state index contributed by atoms with van der Waals surface area (Å²) in [4.78, 5) is 18.8. The second-order valence-electron chi connectivity index (χ2n) is 5.02. The molecule has 1 spiro atoms. The largest absolute Gasteiger partial charge is 0.342 e. The van der Waals surface area contributed by atoms with Gasteiger partial charge in [0.1, 0.15) is 11.4 Å². The van der Waals surface area contributed by atoms with Crippen LogP contribution in [0.15, 0.2) is 23.2 Å². The molecule has 1 saturated heterocycles. The molecule has 0 radical (unpaired) electrons. The maximum Gasteiger partial charge on any atom is 0.165 e. The van der Waals surface area contributed by atoms with Gasteiger partial charge in [0.25, 0.3) is 0 Å². The van der Waals surface area contributed by atoms with Gasteiger partial charge >= 0.3 is 0 Å². The molecule has 4 rings (SSSR count). The number of ketones is 1. The van der Waals surface area contributed by atoms with Crippen LogP contribution in [0.1, 0.15) is 24.8 Å². The fourth-order valence-electron chi connectivity index (χ4n) is 2.91. The average Bonchev–Trinajstić information content (AvgIpc) is 3.05. The first kappa shape index (κ1) is 9.66. The number of halogens is 1. The quantitative estimate of drug-likeness (QED) is 0.705. The zero-order valence-corrected chi connectivity index (χ0v) is 10.00. The predicted octanol–water partition coefficient (Wildman–Crippen LogP) is 2.69. The van der Waals surface area contributed by atoms with Crippen LogP contribution in [0, 0.1) is 0 Å². The Hall–Kier alpha value is -1.35. The molecule has 0 amide bonds. The van der Waals surface area contributed by atoms with Crippen molar-refractivity contribution in [3.8, 4) is 0 Å². The van der Waals surface area contributed by atoms with Gasteiger partial charge in [0.15, 0.2) is 5.78 Å². The normalized spacial score (nSPS) is 23.5. The fraction of sp³-hybridized carbons (Fsp3) is 0.385. The number of amidine groups is 1. The van der Waals surface area contributed by atoms with Crippen molar-refractivity contribution in [1.82, 2.24) is 4.90 Å². The Morgan fingerprint density at radius 1 is 1.35 bits per heavy atom. The summed E-state index contributed by atoms with van der Waals surface area (Å²) in [6.07, 6.45) is 2.48. The smallest absolute Gasteiger partial charge is 0.165 e. The maximum absolute atomic E-state index is 12.0. The molecular formula is C13H11ClN2O. The van der Waals surface area contributed by atoms with Crippen molar-refractivity contribution in [3.63, 3.8) is 0 Å². The zero-order valence-electron chi connectivity index (χ0n) is 9.24. The van der Waals surface area contributed by atoms with Gasteiger partial charge in [-0.2, -0.15) is 0 Å². The first-order chi connectivity index (χ1) is 8.19. The second-order valence-corrected chi connectivity index (χ2v) is 5.46. The zero-order chi connectivity index (χ0) is 11.6. The molecule has 1 aromatic carbocycles. The number of benzene rings is 1. The second kappa shape index (κ2) is 2.91. The minimum atomic E-state index is -0.196. The Balaban J connectivity index is 1.84. The molecule has 0 unspecified atom stereocenters. The molecule has 1 saturated carbocycles. The lowest BCUT2D eigenvalue weighted by Gasteiger charge is -2.29. The molecule has 0 aromatic heterocycles. The number of hydrogen-bond donors (Lipinski definition) is 0. The summed E-state index contributed by atoms with van der Waals surface area (Å²) in [5.41, 5.74) is 1.90. The van der Waals surface area contributed by atoms with Gasteiger partial charge in [-0.25, -0.2) is 4.99 Å². The van der Waals surface area contributed by atoms with E-state index in [9.17, 15) is 4.79 Å². The van der Waals surface area contributed by atoms with Crippen LogP contribution in [-0.2, 0) is 11.3 Å². The Morgan fingerprint density at radius 2 is 2.18 bits per heavy atom. The number of carbonyl (C=O) groups excluding carboxylic acids is 1. The number of hydrogen-bond acceptors (Lipinski definition) is 3. The summed E-state index contributed by atoms with van der Waals surface area (Å²) in [6.45, 7) is 0.778. The van der Waals surface area contributed by atoms with Gasteiger partial charge in [0.2, 0.25) is 0 Å². The molecule has 4 heteroatoms. The van der Waals surface area contributed by atoms with Gasteiger partial charge < -0.3 is 4.90 Å². The third-order valence-electron chi connectivity index (χ3n) is 4.01. The highest BCUT2D eigenvalue weighted by Crippen LogP contribution is 2.50. The lowest BCUT2D eigenvalue weighted by Crippen LogP contribution is -2.38. The van der Waals surface area contributed by atoms with E-state index in [0.717, 1.165) is 41.5 Å². The third-order valence-corrected chi connectivity index (χ3v) is 4.24. The van der Waals surface area contributed by atoms with Crippen LogP contribution in [-0.4, -0.2) is 22.1 Å². The van der Waals surface area contributed by atoms with Crippen LogP contribution in [0.3, 0.4) is 0 Å². The summed E-state index contributed by atoms with van der Waals surface area (Å²) >= 11 is 6.00. The molecule has 2 heterocycles. The van der Waals surface area contributed by atoms with Crippen molar-refractivity contribution < 1.29 is 4.79 Å². The lowest BCUT2D eigenvalue weighted by atomic mass is 10.1. The number of aliphatic imine (C=N–C) groups is 1. The van der Waals surface area contributed by atoms with Gasteiger partial charge in [0.05, 0.1) is 12.1 Å². The van der Waals surface area contributed by atoms with Gasteiger partial charge in [-0.3, -0.25) is 4.79 Å². The first-order valence-electron chi connectivity index (χ1n) is 5.86. The van der Waals surface area contributed by atoms with E-state index in [4.69, 9.17) is 11.6 Å². The topological polar surface area (TPSA) is 32.7 Å². The first-order valence-corrected chi connectivity index (χ1v) is 6.24. The highest BCUT2D eigenvalue weighted by atomic mass is 35.5. The molecule has 0 atom stereocenters. The highest BCUT2D eigenvalue weighted by Gasteiger charge is 2.60. The van der Waals surface area contributed by atoms with E-state index >= 15 is 0 Å². The van der Waals surface area contributed by atoms with Crippen molar-refractivity contribution in [2.24, 2.45) is 4.99 Å². The molecule has 3 aliphatic rings. The van der Waals surface area contributed by atoms with E-state index in [2.05, 4.69) is 9.89 Å².